The van der Waals surface area contributed by atoms with Gasteiger partial charge in [-0.1, -0.05) is 30.0 Å². The summed E-state index contributed by atoms with van der Waals surface area (Å²) in [6.45, 7) is 4.45. The van der Waals surface area contributed by atoms with Crippen LogP contribution in [-0.2, 0) is 18.3 Å². The Kier molecular flexibility index (Phi) is 5.64. The van der Waals surface area contributed by atoms with Crippen molar-refractivity contribution in [1.29, 1.82) is 0 Å². The number of methoxy groups -OCH3 is 1. The van der Waals surface area contributed by atoms with E-state index in [9.17, 15) is 0 Å². The van der Waals surface area contributed by atoms with Crippen LogP contribution in [0.2, 0.25) is 0 Å². The zero-order chi connectivity index (χ0) is 14.4. The minimum Gasteiger partial charge on any atom is -0.383 e. The molecule has 5 heteroatoms. The lowest BCUT2D eigenvalue weighted by Gasteiger charge is -2.08. The molecule has 1 aromatic heterocycles. The van der Waals surface area contributed by atoms with Crippen LogP contribution in [0.15, 0.2) is 40.3 Å². The van der Waals surface area contributed by atoms with Crippen molar-refractivity contribution in [3.63, 3.8) is 0 Å². The standard InChI is InChI=1S/C15H21N3OS/c1-12-14(11-16-9-10-19-3)15(18(2)17-12)20-13-7-5-4-6-8-13/h4-8,16H,9-11H2,1-3H3. The molecule has 20 heavy (non-hydrogen) atoms. The monoisotopic (exact) mass is 291 g/mol. The second-order valence-corrected chi connectivity index (χ2v) is 5.64. The van der Waals surface area contributed by atoms with Gasteiger partial charge in [-0.05, 0) is 19.1 Å². The lowest BCUT2D eigenvalue weighted by molar-refractivity contribution is 0.199. The topological polar surface area (TPSA) is 39.1 Å². The van der Waals surface area contributed by atoms with Gasteiger partial charge in [0.1, 0.15) is 5.03 Å². The maximum atomic E-state index is 5.05. The van der Waals surface area contributed by atoms with Crippen LogP contribution in [0.4, 0.5) is 0 Å². The molecule has 0 aliphatic carbocycles. The van der Waals surface area contributed by atoms with E-state index in [2.05, 4.69) is 41.6 Å². The van der Waals surface area contributed by atoms with Crippen molar-refractivity contribution in [1.82, 2.24) is 15.1 Å². The van der Waals surface area contributed by atoms with Crippen LogP contribution in [0.3, 0.4) is 0 Å². The molecule has 0 fully saturated rings. The van der Waals surface area contributed by atoms with Gasteiger partial charge in [-0.3, -0.25) is 4.68 Å². The summed E-state index contributed by atoms with van der Waals surface area (Å²) in [5.74, 6) is 0. The minimum atomic E-state index is 0.723. The number of aromatic nitrogens is 2. The molecule has 0 radical (unpaired) electrons. The molecule has 108 valence electrons. The molecular formula is C15H21N3OS. The molecule has 4 nitrogen and oxygen atoms in total. The first-order chi connectivity index (χ1) is 9.72. The number of nitrogens with zero attached hydrogens (tertiary/aromatic N) is 2. The highest BCUT2D eigenvalue weighted by molar-refractivity contribution is 7.99. The average molecular weight is 291 g/mol. The minimum absolute atomic E-state index is 0.723. The summed E-state index contributed by atoms with van der Waals surface area (Å²) >= 11 is 1.75. The quantitative estimate of drug-likeness (QED) is 0.796. The predicted molar refractivity (Wildman–Crippen MR) is 82.1 cm³/mol. The van der Waals surface area contributed by atoms with Crippen molar-refractivity contribution in [2.45, 2.75) is 23.4 Å². The smallest absolute Gasteiger partial charge is 0.103 e. The zero-order valence-corrected chi connectivity index (χ0v) is 13.0. The first kappa shape index (κ1) is 15.1. The van der Waals surface area contributed by atoms with Gasteiger partial charge in [-0.15, -0.1) is 0 Å². The second-order valence-electron chi connectivity index (χ2n) is 4.58. The van der Waals surface area contributed by atoms with Crippen LogP contribution < -0.4 is 5.32 Å². The van der Waals surface area contributed by atoms with E-state index in [1.54, 1.807) is 18.9 Å². The summed E-state index contributed by atoms with van der Waals surface area (Å²) in [6.07, 6.45) is 0. The third kappa shape index (κ3) is 3.85. The van der Waals surface area contributed by atoms with Crippen molar-refractivity contribution in [2.24, 2.45) is 7.05 Å². The third-order valence-electron chi connectivity index (χ3n) is 3.03. The fourth-order valence-corrected chi connectivity index (χ4v) is 3.03. The molecule has 1 N–H and O–H groups in total. The first-order valence-corrected chi connectivity index (χ1v) is 7.49. The van der Waals surface area contributed by atoms with Gasteiger partial charge in [0.2, 0.25) is 0 Å². The zero-order valence-electron chi connectivity index (χ0n) is 12.2. The Hall–Kier alpha value is -1.30. The summed E-state index contributed by atoms with van der Waals surface area (Å²) in [4.78, 5) is 1.23. The molecule has 0 aliphatic heterocycles. The number of benzene rings is 1. The van der Waals surface area contributed by atoms with Crippen LogP contribution >= 0.6 is 11.8 Å². The van der Waals surface area contributed by atoms with Gasteiger partial charge in [0.15, 0.2) is 0 Å². The van der Waals surface area contributed by atoms with Gasteiger partial charge < -0.3 is 10.1 Å². The Morgan fingerprint density at radius 3 is 2.75 bits per heavy atom. The highest BCUT2D eigenvalue weighted by Gasteiger charge is 2.13. The van der Waals surface area contributed by atoms with E-state index in [4.69, 9.17) is 4.74 Å². The molecule has 0 spiro atoms. The SMILES string of the molecule is COCCNCc1c(C)nn(C)c1Sc1ccccc1. The molecule has 0 unspecified atom stereocenters. The number of nitrogens with one attached hydrogen (secondary N) is 1. The van der Waals surface area contributed by atoms with E-state index in [1.807, 2.05) is 17.8 Å². The van der Waals surface area contributed by atoms with E-state index in [0.29, 0.717) is 0 Å². The van der Waals surface area contributed by atoms with E-state index >= 15 is 0 Å². The Bertz CT molecular complexity index is 540. The van der Waals surface area contributed by atoms with Crippen LogP contribution in [0, 0.1) is 6.92 Å². The van der Waals surface area contributed by atoms with E-state index < -0.39 is 0 Å². The lowest BCUT2D eigenvalue weighted by atomic mass is 10.2. The van der Waals surface area contributed by atoms with Crippen molar-refractivity contribution in [3.8, 4) is 0 Å². The summed E-state index contributed by atoms with van der Waals surface area (Å²) in [5, 5.41) is 9.12. The highest BCUT2D eigenvalue weighted by Crippen LogP contribution is 2.31. The van der Waals surface area contributed by atoms with Gasteiger partial charge >= 0.3 is 0 Å². The number of hydrogen-bond acceptors (Lipinski definition) is 4. The fourth-order valence-electron chi connectivity index (χ4n) is 2.00. The van der Waals surface area contributed by atoms with Gasteiger partial charge in [0.25, 0.3) is 0 Å². The Labute approximate surface area is 124 Å². The molecular weight excluding hydrogens is 270 g/mol. The van der Waals surface area contributed by atoms with Gasteiger partial charge in [-0.2, -0.15) is 5.10 Å². The van der Waals surface area contributed by atoms with Crippen molar-refractivity contribution < 1.29 is 4.74 Å². The fraction of sp³-hybridized carbons (Fsp3) is 0.400. The number of rotatable bonds is 7. The molecule has 2 aromatic rings. The van der Waals surface area contributed by atoms with Crippen molar-refractivity contribution in [3.05, 3.63) is 41.6 Å². The maximum absolute atomic E-state index is 5.05. The van der Waals surface area contributed by atoms with Gasteiger partial charge in [0, 0.05) is 37.7 Å². The number of ether oxygens (including phenoxy) is 1. The van der Waals surface area contributed by atoms with Crippen LogP contribution in [0.1, 0.15) is 11.3 Å². The van der Waals surface area contributed by atoms with Crippen LogP contribution in [0.25, 0.3) is 0 Å². The molecule has 0 atom stereocenters. The summed E-state index contributed by atoms with van der Waals surface area (Å²) in [7, 11) is 3.71. The molecule has 2 rings (SSSR count). The van der Waals surface area contributed by atoms with Crippen molar-refractivity contribution >= 4 is 11.8 Å². The molecule has 0 saturated heterocycles. The van der Waals surface area contributed by atoms with E-state index in [-0.39, 0.29) is 0 Å². The average Bonchev–Trinajstić information content (AvgIpc) is 2.71. The van der Waals surface area contributed by atoms with Gasteiger partial charge in [-0.25, -0.2) is 0 Å². The van der Waals surface area contributed by atoms with Crippen LogP contribution in [-0.4, -0.2) is 30.0 Å². The highest BCUT2D eigenvalue weighted by atomic mass is 32.2. The molecule has 0 aliphatic rings. The van der Waals surface area contributed by atoms with E-state index in [0.717, 1.165) is 25.4 Å². The Balaban J connectivity index is 2.11. The lowest BCUT2D eigenvalue weighted by Crippen LogP contribution is -2.19. The normalized spacial score (nSPS) is 10.9. The molecule has 0 bridgehead atoms. The summed E-state index contributed by atoms with van der Waals surface area (Å²) < 4.78 is 7.01. The third-order valence-corrected chi connectivity index (χ3v) is 4.24. The summed E-state index contributed by atoms with van der Waals surface area (Å²) in [5.41, 5.74) is 2.34. The number of hydrogen-bond donors (Lipinski definition) is 1. The molecule has 0 saturated carbocycles. The van der Waals surface area contributed by atoms with E-state index in [1.165, 1.54) is 15.5 Å². The number of aryl methyl sites for hydroxylation is 2. The maximum Gasteiger partial charge on any atom is 0.103 e. The first-order valence-electron chi connectivity index (χ1n) is 6.67. The Morgan fingerprint density at radius 1 is 1.30 bits per heavy atom. The largest absolute Gasteiger partial charge is 0.383 e. The summed E-state index contributed by atoms with van der Waals surface area (Å²) in [6, 6.07) is 10.4. The van der Waals surface area contributed by atoms with Gasteiger partial charge in [0.05, 0.1) is 12.3 Å². The molecule has 1 heterocycles. The Morgan fingerprint density at radius 2 is 2.05 bits per heavy atom. The second kappa shape index (κ2) is 7.47. The molecule has 1 aromatic carbocycles. The van der Waals surface area contributed by atoms with Crippen molar-refractivity contribution in [2.75, 3.05) is 20.3 Å². The van der Waals surface area contributed by atoms with Crippen LogP contribution in [0.5, 0.6) is 0 Å². The predicted octanol–water partition coefficient (Wildman–Crippen LogP) is 2.62. The molecule has 0 amide bonds.